The molecule has 54 heavy (non-hydrogen) atoms. The zero-order valence-corrected chi connectivity index (χ0v) is 31.7. The number of nitrogens with zero attached hydrogens (tertiary/aromatic N) is 5. The SMILES string of the molecule is COc1ccc(S(=O)(=O)N2C(=O)C(NC(=O)N3CC(N4CCC(N(C)C5COC5)CC4)C3)(c3cc(OC)ccc3OC)c3cc(C#N)ccc32)c(OC)c1. The van der Waals surface area contributed by atoms with Gasteiger partial charge in [-0.15, -0.1) is 0 Å². The number of ether oxygens (including phenoxy) is 5. The number of sulfonamides is 1. The number of rotatable bonds is 11. The Balaban J connectivity index is 1.25. The van der Waals surface area contributed by atoms with Crippen molar-refractivity contribution >= 4 is 27.6 Å². The van der Waals surface area contributed by atoms with Crippen molar-refractivity contribution in [1.29, 1.82) is 5.26 Å². The highest BCUT2D eigenvalue weighted by Crippen LogP contribution is 2.51. The van der Waals surface area contributed by atoms with Crippen molar-refractivity contribution in [3.05, 3.63) is 71.3 Å². The van der Waals surface area contributed by atoms with Gasteiger partial charge in [0, 0.05) is 55.5 Å². The number of urea groups is 1. The lowest BCUT2D eigenvalue weighted by molar-refractivity contribution is -0.121. The summed E-state index contributed by atoms with van der Waals surface area (Å²) in [4.78, 5) is 35.8. The molecule has 0 bridgehead atoms. The third kappa shape index (κ3) is 6.14. The van der Waals surface area contributed by atoms with E-state index in [1.54, 1.807) is 17.0 Å². The predicted molar refractivity (Wildman–Crippen MR) is 197 cm³/mol. The number of nitrogens with one attached hydrogen (secondary N) is 1. The Morgan fingerprint density at radius 2 is 1.56 bits per heavy atom. The highest BCUT2D eigenvalue weighted by molar-refractivity contribution is 7.93. The van der Waals surface area contributed by atoms with E-state index >= 15 is 4.79 Å². The molecular formula is C38H44N6O9S. The number of carbonyl (C=O) groups is 2. The molecule has 4 aliphatic rings. The van der Waals surface area contributed by atoms with Crippen LogP contribution in [0.5, 0.6) is 23.0 Å². The zero-order valence-electron chi connectivity index (χ0n) is 30.9. The van der Waals surface area contributed by atoms with Crippen molar-refractivity contribution in [1.82, 2.24) is 20.0 Å². The van der Waals surface area contributed by atoms with Gasteiger partial charge in [-0.2, -0.15) is 9.57 Å². The topological polar surface area (TPSA) is 163 Å². The van der Waals surface area contributed by atoms with Gasteiger partial charge in [0.2, 0.25) is 0 Å². The van der Waals surface area contributed by atoms with Gasteiger partial charge in [-0.1, -0.05) is 0 Å². The van der Waals surface area contributed by atoms with E-state index in [-0.39, 0.29) is 44.8 Å². The molecule has 0 spiro atoms. The molecule has 1 N–H and O–H groups in total. The molecule has 3 amide bonds. The van der Waals surface area contributed by atoms with Crippen LogP contribution >= 0.6 is 0 Å². The Labute approximate surface area is 314 Å². The molecule has 3 aromatic carbocycles. The number of likely N-dealkylation sites (N-methyl/N-ethyl adjacent to an activating group) is 1. The van der Waals surface area contributed by atoms with Crippen LogP contribution in [-0.2, 0) is 25.1 Å². The maximum absolute atomic E-state index is 15.3. The summed E-state index contributed by atoms with van der Waals surface area (Å²) in [6, 6.07) is 15.7. The molecule has 0 aliphatic carbocycles. The average Bonchev–Trinajstić information content (AvgIpc) is 3.40. The van der Waals surface area contributed by atoms with Crippen molar-refractivity contribution in [2.45, 2.75) is 41.4 Å². The molecule has 0 aromatic heterocycles. The Bertz CT molecular complexity index is 2090. The van der Waals surface area contributed by atoms with E-state index in [2.05, 4.69) is 28.2 Å². The van der Waals surface area contributed by atoms with Gasteiger partial charge in [0.05, 0.1) is 65.0 Å². The monoisotopic (exact) mass is 760 g/mol. The number of anilines is 1. The second-order valence-electron chi connectivity index (χ2n) is 13.9. The fourth-order valence-electron chi connectivity index (χ4n) is 7.85. The Morgan fingerprint density at radius 1 is 0.889 bits per heavy atom. The van der Waals surface area contributed by atoms with Crippen LogP contribution in [0.4, 0.5) is 10.5 Å². The van der Waals surface area contributed by atoms with Gasteiger partial charge in [-0.05, 0) is 68.4 Å². The molecule has 1 unspecified atom stereocenters. The molecule has 3 aromatic rings. The first-order chi connectivity index (χ1) is 26.0. The van der Waals surface area contributed by atoms with Crippen LogP contribution in [-0.4, -0.2) is 128 Å². The smallest absolute Gasteiger partial charge is 0.318 e. The number of hydrogen-bond donors (Lipinski definition) is 1. The lowest BCUT2D eigenvalue weighted by Gasteiger charge is -2.50. The molecule has 16 heteroatoms. The molecule has 7 rings (SSSR count). The molecule has 0 saturated carbocycles. The van der Waals surface area contributed by atoms with E-state index in [4.69, 9.17) is 23.7 Å². The van der Waals surface area contributed by atoms with Gasteiger partial charge < -0.3 is 33.9 Å². The van der Waals surface area contributed by atoms with Gasteiger partial charge in [-0.25, -0.2) is 13.2 Å². The quantitative estimate of drug-likeness (QED) is 0.305. The molecule has 3 fully saturated rings. The van der Waals surface area contributed by atoms with Gasteiger partial charge >= 0.3 is 6.03 Å². The largest absolute Gasteiger partial charge is 0.497 e. The second-order valence-corrected chi connectivity index (χ2v) is 15.6. The molecule has 3 saturated heterocycles. The van der Waals surface area contributed by atoms with E-state index in [1.165, 1.54) is 70.9 Å². The number of benzene rings is 3. The van der Waals surface area contributed by atoms with Crippen molar-refractivity contribution in [3.63, 3.8) is 0 Å². The fraction of sp³-hybridized carbons (Fsp3) is 0.447. The molecule has 4 heterocycles. The summed E-state index contributed by atoms with van der Waals surface area (Å²) in [7, 11) is 3.04. The standard InChI is InChI=1S/C38H44N6O9S/c1-41(27-22-53-23-27)25-12-14-42(15-13-25)26-20-43(21-26)37(46)40-38(31-17-28(49-2)7-10-33(31)51-4)30-16-24(19-39)6-9-32(30)44(36(38)45)54(47,48)35-11-8-29(50-3)18-34(35)52-5/h6-11,16-18,25-27H,12-15,20-23H2,1-5H3,(H,40,46). The molecule has 15 nitrogen and oxygen atoms in total. The molecule has 286 valence electrons. The highest BCUT2D eigenvalue weighted by atomic mass is 32.2. The minimum atomic E-state index is -4.72. The van der Waals surface area contributed by atoms with Crippen LogP contribution < -0.4 is 28.6 Å². The van der Waals surface area contributed by atoms with Crippen LogP contribution in [0.2, 0.25) is 0 Å². The Kier molecular flexibility index (Phi) is 10.1. The maximum Gasteiger partial charge on any atom is 0.318 e. The number of piperidine rings is 1. The predicted octanol–water partition coefficient (Wildman–Crippen LogP) is 2.76. The van der Waals surface area contributed by atoms with Crippen LogP contribution in [0.1, 0.15) is 29.5 Å². The number of hydrogen-bond acceptors (Lipinski definition) is 12. The first-order valence-electron chi connectivity index (χ1n) is 17.7. The minimum Gasteiger partial charge on any atom is -0.497 e. The van der Waals surface area contributed by atoms with Gasteiger partial charge in [0.1, 0.15) is 27.9 Å². The number of carbonyl (C=O) groups excluding carboxylic acids is 2. The molecular weight excluding hydrogens is 717 g/mol. The Hall–Kier alpha value is -5.08. The molecule has 4 aliphatic heterocycles. The van der Waals surface area contributed by atoms with Gasteiger partial charge in [-0.3, -0.25) is 14.6 Å². The van der Waals surface area contributed by atoms with E-state index < -0.39 is 27.5 Å². The van der Waals surface area contributed by atoms with E-state index in [0.717, 1.165) is 39.1 Å². The van der Waals surface area contributed by atoms with Crippen LogP contribution in [0.25, 0.3) is 0 Å². The van der Waals surface area contributed by atoms with Crippen molar-refractivity contribution in [2.75, 3.05) is 79.2 Å². The van der Waals surface area contributed by atoms with Crippen molar-refractivity contribution < 1.29 is 41.7 Å². The van der Waals surface area contributed by atoms with Crippen molar-refractivity contribution in [3.8, 4) is 29.1 Å². The maximum atomic E-state index is 15.3. The average molecular weight is 761 g/mol. The minimum absolute atomic E-state index is 0.0511. The number of fused-ring (bicyclic) bond motifs is 1. The second kappa shape index (κ2) is 14.6. The Morgan fingerprint density at radius 3 is 2.17 bits per heavy atom. The first-order valence-corrected chi connectivity index (χ1v) is 19.1. The summed E-state index contributed by atoms with van der Waals surface area (Å²) in [5.41, 5.74) is -1.89. The number of nitriles is 1. The summed E-state index contributed by atoms with van der Waals surface area (Å²) in [6.07, 6.45) is 2.04. The number of likely N-dealkylation sites (tertiary alicyclic amines) is 2. The lowest BCUT2D eigenvalue weighted by Crippen LogP contribution is -2.67. The van der Waals surface area contributed by atoms with Crippen LogP contribution in [0, 0.1) is 11.3 Å². The van der Waals surface area contributed by atoms with Gasteiger partial charge in [0.25, 0.3) is 15.9 Å². The number of methoxy groups -OCH3 is 4. The summed E-state index contributed by atoms with van der Waals surface area (Å²) in [5.74, 6) is -0.218. The van der Waals surface area contributed by atoms with Gasteiger partial charge in [0.15, 0.2) is 5.54 Å². The van der Waals surface area contributed by atoms with E-state index in [9.17, 15) is 18.5 Å². The third-order valence-corrected chi connectivity index (χ3v) is 12.9. The summed E-state index contributed by atoms with van der Waals surface area (Å²) in [6.45, 7) is 4.18. The lowest BCUT2D eigenvalue weighted by atomic mass is 9.82. The summed E-state index contributed by atoms with van der Waals surface area (Å²) in [5, 5.41) is 13.0. The number of amides is 3. The van der Waals surface area contributed by atoms with Crippen LogP contribution in [0.15, 0.2) is 59.5 Å². The fourth-order valence-corrected chi connectivity index (χ4v) is 9.45. The summed E-state index contributed by atoms with van der Waals surface area (Å²) < 4.78 is 57.4. The zero-order chi connectivity index (χ0) is 38.4. The van der Waals surface area contributed by atoms with Crippen molar-refractivity contribution in [2.24, 2.45) is 0 Å². The molecule has 1 atom stereocenters. The van der Waals surface area contributed by atoms with Crippen LogP contribution in [0.3, 0.4) is 0 Å². The molecule has 0 radical (unpaired) electrons. The van der Waals surface area contributed by atoms with E-state index in [0.29, 0.717) is 41.0 Å². The van der Waals surface area contributed by atoms with E-state index in [1.807, 2.05) is 0 Å². The summed E-state index contributed by atoms with van der Waals surface area (Å²) >= 11 is 0. The third-order valence-electron chi connectivity index (χ3n) is 11.2. The highest BCUT2D eigenvalue weighted by Gasteiger charge is 2.59. The first kappa shape index (κ1) is 37.2. The normalized spacial score (nSPS) is 20.9.